The lowest BCUT2D eigenvalue weighted by atomic mass is 10.1. The quantitative estimate of drug-likeness (QED) is 0.372. The minimum Gasteiger partial charge on any atom is -0.497 e. The molecule has 6 rings (SSSR count). The average Bonchev–Trinajstić information content (AvgIpc) is 2.96. The van der Waals surface area contributed by atoms with Crippen molar-refractivity contribution < 1.29 is 32.1 Å². The number of ether oxygens (including phenoxy) is 5. The average molecular weight is 551 g/mol. The fourth-order valence-corrected chi connectivity index (χ4v) is 6.01. The predicted octanol–water partition coefficient (Wildman–Crippen LogP) is 3.47. The van der Waals surface area contributed by atoms with Crippen LogP contribution in [0.15, 0.2) is 70.4 Å². The monoisotopic (exact) mass is 550 g/mol. The van der Waals surface area contributed by atoms with Crippen molar-refractivity contribution in [3.63, 3.8) is 0 Å². The van der Waals surface area contributed by atoms with Crippen molar-refractivity contribution in [3.8, 4) is 28.7 Å². The molecule has 0 saturated carbocycles. The van der Waals surface area contributed by atoms with Crippen molar-refractivity contribution in [1.29, 1.82) is 0 Å². The highest BCUT2D eigenvalue weighted by atomic mass is 32.2. The van der Waals surface area contributed by atoms with Gasteiger partial charge in [-0.3, -0.25) is 4.79 Å². The van der Waals surface area contributed by atoms with Crippen LogP contribution in [0, 0.1) is 0 Å². The van der Waals surface area contributed by atoms with Crippen LogP contribution >= 0.6 is 0 Å². The molecule has 0 radical (unpaired) electrons. The first-order valence-electron chi connectivity index (χ1n) is 12.4. The first-order chi connectivity index (χ1) is 18.9. The summed E-state index contributed by atoms with van der Waals surface area (Å²) in [6.07, 6.45) is 0. The van der Waals surface area contributed by atoms with E-state index < -0.39 is 15.6 Å². The van der Waals surface area contributed by atoms with Gasteiger partial charge >= 0.3 is 0 Å². The lowest BCUT2D eigenvalue weighted by molar-refractivity contribution is 0.171. The van der Waals surface area contributed by atoms with Gasteiger partial charge in [0.05, 0.1) is 17.5 Å². The zero-order chi connectivity index (χ0) is 27.0. The van der Waals surface area contributed by atoms with Crippen LogP contribution in [0.4, 0.5) is 0 Å². The maximum atomic E-state index is 14.0. The lowest BCUT2D eigenvalue weighted by Gasteiger charge is -2.24. The van der Waals surface area contributed by atoms with Gasteiger partial charge in [-0.25, -0.2) is 8.42 Å². The molecule has 202 valence electrons. The van der Waals surface area contributed by atoms with Gasteiger partial charge in [0.2, 0.25) is 10.0 Å². The smallest absolute Gasteiger partial charge is 0.252 e. The first-order valence-corrected chi connectivity index (χ1v) is 13.8. The summed E-state index contributed by atoms with van der Waals surface area (Å²) in [5.41, 5.74) is 1.20. The van der Waals surface area contributed by atoms with E-state index in [-0.39, 0.29) is 23.5 Å². The summed E-state index contributed by atoms with van der Waals surface area (Å²) in [6, 6.07) is 16.8. The minimum absolute atomic E-state index is 0.0272. The van der Waals surface area contributed by atoms with Crippen molar-refractivity contribution in [2.45, 2.75) is 18.0 Å². The number of nitrogens with one attached hydrogen (secondary N) is 1. The molecule has 0 fully saturated rings. The third kappa shape index (κ3) is 4.98. The fraction of sp³-hybridized carbons (Fsp3) is 0.250. The number of pyridine rings is 1. The number of fused-ring (bicyclic) bond motifs is 3. The normalized spacial score (nSPS) is 14.4. The molecule has 39 heavy (non-hydrogen) atoms. The van der Waals surface area contributed by atoms with Crippen molar-refractivity contribution in [1.82, 2.24) is 9.29 Å². The Morgan fingerprint density at radius 1 is 0.795 bits per heavy atom. The van der Waals surface area contributed by atoms with Gasteiger partial charge in [0.1, 0.15) is 32.2 Å². The number of nitrogens with zero attached hydrogens (tertiary/aromatic N) is 1. The van der Waals surface area contributed by atoms with E-state index in [2.05, 4.69) is 4.98 Å². The molecule has 1 N–H and O–H groups in total. The van der Waals surface area contributed by atoms with E-state index in [0.717, 1.165) is 5.56 Å². The Hall–Kier alpha value is -4.22. The van der Waals surface area contributed by atoms with Crippen molar-refractivity contribution >= 4 is 20.9 Å². The number of aromatic nitrogens is 1. The Morgan fingerprint density at radius 2 is 1.44 bits per heavy atom. The molecule has 0 spiro atoms. The molecule has 3 aromatic carbocycles. The summed E-state index contributed by atoms with van der Waals surface area (Å²) in [7, 11) is -2.50. The Bertz CT molecular complexity index is 1700. The van der Waals surface area contributed by atoms with E-state index in [9.17, 15) is 13.2 Å². The van der Waals surface area contributed by atoms with Crippen LogP contribution in [0.5, 0.6) is 28.7 Å². The molecule has 4 aromatic rings. The van der Waals surface area contributed by atoms with Gasteiger partial charge in [0.25, 0.3) is 5.56 Å². The zero-order valence-electron chi connectivity index (χ0n) is 21.1. The molecule has 0 amide bonds. The molecule has 0 saturated heterocycles. The van der Waals surface area contributed by atoms with Crippen molar-refractivity contribution in [2.75, 3.05) is 33.5 Å². The molecule has 3 heterocycles. The SMILES string of the molecule is COc1ccc(CN(Cc2cc3cc4c(cc3[nH]c2=O)OCCO4)S(=O)(=O)c2ccc3c(c2)OCCO3)cc1. The van der Waals surface area contributed by atoms with Gasteiger partial charge in [0.15, 0.2) is 23.0 Å². The summed E-state index contributed by atoms with van der Waals surface area (Å²) < 4.78 is 56.9. The van der Waals surface area contributed by atoms with Crippen LogP contribution in [-0.4, -0.2) is 51.2 Å². The zero-order valence-corrected chi connectivity index (χ0v) is 22.0. The second-order valence-corrected chi connectivity index (χ2v) is 11.1. The number of hydrogen-bond acceptors (Lipinski definition) is 8. The number of rotatable bonds is 7. The Balaban J connectivity index is 1.39. The maximum Gasteiger partial charge on any atom is 0.252 e. The van der Waals surface area contributed by atoms with Gasteiger partial charge in [0, 0.05) is 36.2 Å². The number of sulfonamides is 1. The summed E-state index contributed by atoms with van der Waals surface area (Å²) in [6.45, 7) is 1.45. The molecule has 0 atom stereocenters. The van der Waals surface area contributed by atoms with Gasteiger partial charge in [-0.1, -0.05) is 12.1 Å². The first kappa shape index (κ1) is 25.1. The van der Waals surface area contributed by atoms with Gasteiger partial charge < -0.3 is 28.7 Å². The topological polar surface area (TPSA) is 116 Å². The molecule has 0 unspecified atom stereocenters. The van der Waals surface area contributed by atoms with Crippen molar-refractivity contribution in [2.24, 2.45) is 0 Å². The molecular weight excluding hydrogens is 524 g/mol. The van der Waals surface area contributed by atoms with Gasteiger partial charge in [-0.2, -0.15) is 4.31 Å². The van der Waals surface area contributed by atoms with Crippen LogP contribution in [0.25, 0.3) is 10.9 Å². The fourth-order valence-electron chi connectivity index (χ4n) is 4.59. The largest absolute Gasteiger partial charge is 0.497 e. The Morgan fingerprint density at radius 3 is 2.13 bits per heavy atom. The summed E-state index contributed by atoms with van der Waals surface area (Å²) in [5, 5.41) is 0.704. The van der Waals surface area contributed by atoms with Crippen LogP contribution in [-0.2, 0) is 23.1 Å². The second kappa shape index (κ2) is 10.2. The number of benzene rings is 3. The van der Waals surface area contributed by atoms with E-state index >= 15 is 0 Å². The van der Waals surface area contributed by atoms with E-state index in [1.54, 1.807) is 55.6 Å². The number of hydrogen-bond donors (Lipinski definition) is 1. The van der Waals surface area contributed by atoms with Crippen LogP contribution in [0.1, 0.15) is 11.1 Å². The molecular formula is C28H26N2O8S. The number of H-pyrrole nitrogens is 1. The number of methoxy groups -OCH3 is 1. The minimum atomic E-state index is -4.06. The van der Waals surface area contributed by atoms with Crippen LogP contribution in [0.3, 0.4) is 0 Å². The molecule has 0 aliphatic carbocycles. The Kier molecular flexibility index (Phi) is 6.53. The van der Waals surface area contributed by atoms with E-state index in [0.29, 0.717) is 66.1 Å². The van der Waals surface area contributed by atoms with E-state index in [1.165, 1.54) is 16.4 Å². The van der Waals surface area contributed by atoms with Gasteiger partial charge in [-0.15, -0.1) is 0 Å². The molecule has 0 bridgehead atoms. The summed E-state index contributed by atoms with van der Waals surface area (Å²) in [5.74, 6) is 2.63. The van der Waals surface area contributed by atoms with Crippen LogP contribution in [0.2, 0.25) is 0 Å². The second-order valence-electron chi connectivity index (χ2n) is 9.13. The van der Waals surface area contributed by atoms with E-state index in [1.807, 2.05) is 0 Å². The third-order valence-corrected chi connectivity index (χ3v) is 8.39. The number of aromatic amines is 1. The Labute approximate surface area is 224 Å². The molecule has 10 nitrogen and oxygen atoms in total. The molecule has 11 heteroatoms. The molecule has 1 aromatic heterocycles. The highest BCUT2D eigenvalue weighted by molar-refractivity contribution is 7.89. The highest BCUT2D eigenvalue weighted by Gasteiger charge is 2.28. The third-order valence-electron chi connectivity index (χ3n) is 6.60. The van der Waals surface area contributed by atoms with E-state index in [4.69, 9.17) is 23.7 Å². The highest BCUT2D eigenvalue weighted by Crippen LogP contribution is 2.35. The molecule has 2 aliphatic rings. The summed E-state index contributed by atoms with van der Waals surface area (Å²) >= 11 is 0. The standard InChI is InChI=1S/C28H26N2O8S/c1-34-21-4-2-18(3-5-21)16-30(39(32,33)22-6-7-24-26(14-22)37-9-8-35-24)17-20-12-19-13-25-27(38-11-10-36-25)15-23(19)29-28(20)31/h2-7,12-15H,8-11,16-17H2,1H3,(H,29,31). The molecule has 2 aliphatic heterocycles. The van der Waals surface area contributed by atoms with Crippen LogP contribution < -0.4 is 29.2 Å². The lowest BCUT2D eigenvalue weighted by Crippen LogP contribution is -2.32. The van der Waals surface area contributed by atoms with Crippen molar-refractivity contribution in [3.05, 3.63) is 82.1 Å². The van der Waals surface area contributed by atoms with Gasteiger partial charge in [-0.05, 0) is 42.0 Å². The maximum absolute atomic E-state index is 14.0. The summed E-state index contributed by atoms with van der Waals surface area (Å²) in [4.78, 5) is 16.0. The predicted molar refractivity (Wildman–Crippen MR) is 142 cm³/mol.